The molecule has 248 valence electrons. The third-order valence-corrected chi connectivity index (χ3v) is 9.68. The third kappa shape index (κ3) is 6.15. The lowest BCUT2D eigenvalue weighted by molar-refractivity contribution is -0.138. The van der Waals surface area contributed by atoms with Gasteiger partial charge in [0.05, 0.1) is 30.3 Å². The molecule has 10 nitrogen and oxygen atoms in total. The number of nitrogens with one attached hydrogen (secondary N) is 1. The molecule has 0 radical (unpaired) electrons. The van der Waals surface area contributed by atoms with Gasteiger partial charge >= 0.3 is 6.18 Å². The van der Waals surface area contributed by atoms with Gasteiger partial charge < -0.3 is 19.5 Å². The lowest BCUT2D eigenvalue weighted by atomic mass is 9.98. The minimum absolute atomic E-state index is 0.159. The highest BCUT2D eigenvalue weighted by Crippen LogP contribution is 2.37. The number of hydrogen-bond donors (Lipinski definition) is 1. The van der Waals surface area contributed by atoms with E-state index in [1.54, 1.807) is 17.0 Å². The molecule has 3 aromatic rings. The molecular formula is C35H33F3N6O4. The number of alkyl halides is 3. The number of nitriles is 1. The number of carbonyl (C=O) groups is 3. The van der Waals surface area contributed by atoms with Gasteiger partial charge in [-0.15, -0.1) is 5.06 Å². The topological polar surface area (TPSA) is 109 Å². The third-order valence-electron chi connectivity index (χ3n) is 9.68. The summed E-state index contributed by atoms with van der Waals surface area (Å²) in [4.78, 5) is 48.8. The maximum absolute atomic E-state index is 13.5. The summed E-state index contributed by atoms with van der Waals surface area (Å²) in [6.45, 7) is 4.27. The maximum Gasteiger partial charge on any atom is 0.417 e. The Kier molecular flexibility index (Phi) is 8.20. The van der Waals surface area contributed by atoms with Gasteiger partial charge in [0, 0.05) is 62.0 Å². The Morgan fingerprint density at radius 1 is 0.854 bits per heavy atom. The smallest absolute Gasteiger partial charge is 0.406 e. The monoisotopic (exact) mass is 658 g/mol. The van der Waals surface area contributed by atoms with Crippen LogP contribution in [-0.2, 0) is 22.3 Å². The summed E-state index contributed by atoms with van der Waals surface area (Å²) >= 11 is 0. The number of benzene rings is 3. The largest absolute Gasteiger partial charge is 0.417 e. The summed E-state index contributed by atoms with van der Waals surface area (Å²) in [6.07, 6.45) is -3.24. The number of hydroxylamine groups is 2. The van der Waals surface area contributed by atoms with Crippen LogP contribution < -0.4 is 20.0 Å². The Labute approximate surface area is 275 Å². The fraction of sp³-hybridized carbons (Fsp3) is 0.371. The molecular weight excluding hydrogens is 625 g/mol. The average molecular weight is 659 g/mol. The van der Waals surface area contributed by atoms with E-state index in [0.717, 1.165) is 29.3 Å². The molecule has 0 saturated carbocycles. The quantitative estimate of drug-likeness (QED) is 0.388. The molecule has 3 aromatic carbocycles. The van der Waals surface area contributed by atoms with Crippen LogP contribution in [0.2, 0.25) is 0 Å². The van der Waals surface area contributed by atoms with Crippen molar-refractivity contribution in [3.05, 3.63) is 88.5 Å². The second-order valence-electron chi connectivity index (χ2n) is 12.6. The predicted octanol–water partition coefficient (Wildman–Crippen LogP) is 4.45. The first kappa shape index (κ1) is 31.5. The van der Waals surface area contributed by atoms with E-state index in [1.165, 1.54) is 6.07 Å². The SMILES string of the molecule is N#Cc1ccc(N2CC[C@@H](c3ccc(ON4CCN(c5ccc6c(c5)CN(C5CCC(=O)NC5=O)C6=O)CC4)cc3)C2)cc1C(F)(F)F. The lowest BCUT2D eigenvalue weighted by Gasteiger charge is -2.35. The summed E-state index contributed by atoms with van der Waals surface area (Å²) in [7, 11) is 0. The maximum atomic E-state index is 13.5. The van der Waals surface area contributed by atoms with Crippen LogP contribution in [0.15, 0.2) is 60.7 Å². The first-order chi connectivity index (χ1) is 23.1. The van der Waals surface area contributed by atoms with Gasteiger partial charge in [0.15, 0.2) is 0 Å². The highest BCUT2D eigenvalue weighted by atomic mass is 19.4. The number of piperazine rings is 1. The van der Waals surface area contributed by atoms with Crippen LogP contribution in [0.3, 0.4) is 0 Å². The molecule has 4 aliphatic rings. The Bertz CT molecular complexity index is 1800. The van der Waals surface area contributed by atoms with Crippen LogP contribution in [0.5, 0.6) is 5.75 Å². The molecule has 0 aromatic heterocycles. The van der Waals surface area contributed by atoms with Gasteiger partial charge in [0.1, 0.15) is 11.8 Å². The molecule has 48 heavy (non-hydrogen) atoms. The zero-order valence-electron chi connectivity index (χ0n) is 26.0. The Balaban J connectivity index is 0.917. The molecule has 4 heterocycles. The van der Waals surface area contributed by atoms with E-state index >= 15 is 0 Å². The van der Waals surface area contributed by atoms with E-state index in [2.05, 4.69) is 10.2 Å². The van der Waals surface area contributed by atoms with Crippen LogP contribution in [0.25, 0.3) is 0 Å². The van der Waals surface area contributed by atoms with Crippen molar-refractivity contribution in [1.29, 1.82) is 5.26 Å². The number of amides is 3. The highest BCUT2D eigenvalue weighted by molar-refractivity contribution is 6.05. The number of anilines is 2. The van der Waals surface area contributed by atoms with Gasteiger partial charge in [-0.2, -0.15) is 18.4 Å². The van der Waals surface area contributed by atoms with Crippen molar-refractivity contribution in [2.24, 2.45) is 0 Å². The van der Waals surface area contributed by atoms with Gasteiger partial charge in [-0.05, 0) is 72.5 Å². The van der Waals surface area contributed by atoms with Crippen molar-refractivity contribution in [1.82, 2.24) is 15.3 Å². The summed E-state index contributed by atoms with van der Waals surface area (Å²) in [5.41, 5.74) is 2.72. The normalized spacial score (nSPS) is 21.7. The van der Waals surface area contributed by atoms with E-state index in [0.29, 0.717) is 69.2 Å². The van der Waals surface area contributed by atoms with E-state index in [4.69, 9.17) is 10.1 Å². The number of fused-ring (bicyclic) bond motifs is 1. The zero-order chi connectivity index (χ0) is 33.6. The highest BCUT2D eigenvalue weighted by Gasteiger charge is 2.39. The molecule has 2 atom stereocenters. The summed E-state index contributed by atoms with van der Waals surface area (Å²) in [5.74, 6) is -0.0586. The lowest BCUT2D eigenvalue weighted by Crippen LogP contribution is -2.52. The molecule has 7 rings (SSSR count). The molecule has 1 N–H and O–H groups in total. The molecule has 4 aliphatic heterocycles. The van der Waals surface area contributed by atoms with Crippen molar-refractivity contribution in [2.45, 2.75) is 43.9 Å². The summed E-state index contributed by atoms with van der Waals surface area (Å²) in [5, 5.41) is 13.3. The molecule has 0 spiro atoms. The number of piperidine rings is 1. The van der Waals surface area contributed by atoms with Crippen molar-refractivity contribution in [2.75, 3.05) is 49.1 Å². The Morgan fingerprint density at radius 3 is 2.29 bits per heavy atom. The number of rotatable bonds is 6. The van der Waals surface area contributed by atoms with E-state index in [9.17, 15) is 27.6 Å². The van der Waals surface area contributed by atoms with E-state index < -0.39 is 23.7 Å². The number of halogens is 3. The molecule has 0 bridgehead atoms. The van der Waals surface area contributed by atoms with Crippen molar-refractivity contribution < 1.29 is 32.4 Å². The first-order valence-corrected chi connectivity index (χ1v) is 16.0. The zero-order valence-corrected chi connectivity index (χ0v) is 26.0. The number of carbonyl (C=O) groups excluding carboxylic acids is 3. The number of hydrogen-bond acceptors (Lipinski definition) is 8. The summed E-state index contributed by atoms with van der Waals surface area (Å²) in [6, 6.07) is 18.5. The van der Waals surface area contributed by atoms with Gasteiger partial charge in [-0.25, -0.2) is 0 Å². The molecule has 3 amide bonds. The van der Waals surface area contributed by atoms with E-state index in [1.807, 2.05) is 52.4 Å². The molecule has 3 saturated heterocycles. The van der Waals surface area contributed by atoms with Crippen LogP contribution in [0.1, 0.15) is 57.8 Å². The fourth-order valence-corrected chi connectivity index (χ4v) is 7.07. The second kappa shape index (κ2) is 12.5. The molecule has 1 unspecified atom stereocenters. The van der Waals surface area contributed by atoms with Crippen molar-refractivity contribution in [3.63, 3.8) is 0 Å². The standard InChI is InChI=1S/C35H33F3N6O4/c36-35(37,38)30-18-27(4-1-23(30)19-39)42-12-11-24(20-42)22-2-6-28(7-3-22)48-43-15-13-41(14-16-43)26-5-8-29-25(17-26)21-44(34(29)47)31-9-10-32(45)40-33(31)46/h1-8,17-18,24,31H,9-16,20-21H2,(H,40,45,46)/t24-,31?/m1/s1. The van der Waals surface area contributed by atoms with Gasteiger partial charge in [0.25, 0.3) is 5.91 Å². The molecule has 0 aliphatic carbocycles. The van der Waals surface area contributed by atoms with Crippen LogP contribution in [0.4, 0.5) is 24.5 Å². The van der Waals surface area contributed by atoms with Gasteiger partial charge in [0.2, 0.25) is 11.8 Å². The van der Waals surface area contributed by atoms with E-state index in [-0.39, 0.29) is 29.7 Å². The van der Waals surface area contributed by atoms with Crippen LogP contribution in [0, 0.1) is 11.3 Å². The first-order valence-electron chi connectivity index (χ1n) is 16.0. The summed E-state index contributed by atoms with van der Waals surface area (Å²) < 4.78 is 40.4. The van der Waals surface area contributed by atoms with Gasteiger partial charge in [-0.3, -0.25) is 19.7 Å². The minimum atomic E-state index is -4.59. The Hall–Kier alpha value is -5.09. The van der Waals surface area contributed by atoms with Crippen molar-refractivity contribution in [3.8, 4) is 11.8 Å². The van der Waals surface area contributed by atoms with Crippen LogP contribution >= 0.6 is 0 Å². The Morgan fingerprint density at radius 2 is 1.58 bits per heavy atom. The minimum Gasteiger partial charge on any atom is -0.406 e. The van der Waals surface area contributed by atoms with Crippen molar-refractivity contribution >= 4 is 29.1 Å². The van der Waals surface area contributed by atoms with Gasteiger partial charge in [-0.1, -0.05) is 12.1 Å². The molecule has 13 heteroatoms. The van der Waals surface area contributed by atoms with Crippen LogP contribution in [-0.4, -0.2) is 73.0 Å². The number of imide groups is 1. The predicted molar refractivity (Wildman–Crippen MR) is 169 cm³/mol. The fourth-order valence-electron chi connectivity index (χ4n) is 7.07. The molecule has 3 fully saturated rings. The second-order valence-corrected chi connectivity index (χ2v) is 12.6. The average Bonchev–Trinajstić information content (AvgIpc) is 3.70. The number of nitrogens with zero attached hydrogens (tertiary/aromatic N) is 5.